The quantitative estimate of drug-likeness (QED) is 0.259. The summed E-state index contributed by atoms with van der Waals surface area (Å²) in [6.07, 6.45) is 1.56. The van der Waals surface area contributed by atoms with Crippen LogP contribution in [0.4, 0.5) is 8.78 Å². The second-order valence-corrected chi connectivity index (χ2v) is 11.6. The number of hydrogen-bond donors (Lipinski definition) is 0. The molecule has 0 amide bonds. The van der Waals surface area contributed by atoms with E-state index < -0.39 is 28.4 Å². The van der Waals surface area contributed by atoms with Gasteiger partial charge in [0.25, 0.3) is 0 Å². The van der Waals surface area contributed by atoms with Crippen LogP contribution in [0.15, 0.2) is 64.1 Å². The standard InChI is InChI=1S/C24H19BrClF2N3O4S/c1-34-21-8-6-15(11-29-21)36(32,33)12-13-9-19(22-16(25)3-2-4-20(22)35-24(27)28)31-18-10-14(26)5-7-17(18)30-23(13)31/h2-8,10-11,13,19,24H,9,12H2,1H3/t13-,19+/m0/s1. The molecule has 0 fully saturated rings. The predicted molar refractivity (Wildman–Crippen MR) is 134 cm³/mol. The molecule has 4 aromatic rings. The first-order valence-corrected chi connectivity index (χ1v) is 13.6. The van der Waals surface area contributed by atoms with Gasteiger partial charge < -0.3 is 14.0 Å². The average Bonchev–Trinajstić information content (AvgIpc) is 3.36. The number of imidazole rings is 1. The summed E-state index contributed by atoms with van der Waals surface area (Å²) in [5.74, 6) is 0.0568. The van der Waals surface area contributed by atoms with E-state index in [0.29, 0.717) is 44.2 Å². The molecule has 5 rings (SSSR count). The van der Waals surface area contributed by atoms with Gasteiger partial charge in [0.1, 0.15) is 11.6 Å². The van der Waals surface area contributed by atoms with E-state index >= 15 is 0 Å². The van der Waals surface area contributed by atoms with E-state index in [1.165, 1.54) is 31.5 Å². The van der Waals surface area contributed by atoms with Crippen molar-refractivity contribution in [1.29, 1.82) is 0 Å². The van der Waals surface area contributed by atoms with Crippen molar-refractivity contribution < 1.29 is 26.7 Å². The van der Waals surface area contributed by atoms with Crippen LogP contribution in [0.25, 0.3) is 11.0 Å². The number of aromatic nitrogens is 3. The first-order valence-electron chi connectivity index (χ1n) is 10.8. The molecule has 1 aliphatic heterocycles. The third kappa shape index (κ3) is 4.55. The zero-order chi connectivity index (χ0) is 25.6. The van der Waals surface area contributed by atoms with Crippen LogP contribution in [0, 0.1) is 0 Å². The Morgan fingerprint density at radius 1 is 1.22 bits per heavy atom. The fourth-order valence-corrected chi connectivity index (χ4v) is 6.92. The van der Waals surface area contributed by atoms with E-state index in [-0.39, 0.29) is 16.4 Å². The van der Waals surface area contributed by atoms with E-state index in [1.54, 1.807) is 30.3 Å². The third-order valence-electron chi connectivity index (χ3n) is 6.12. The van der Waals surface area contributed by atoms with Gasteiger partial charge in [-0.2, -0.15) is 8.78 Å². The molecule has 0 saturated carbocycles. The molecule has 0 bridgehead atoms. The van der Waals surface area contributed by atoms with Gasteiger partial charge in [-0.1, -0.05) is 33.6 Å². The SMILES string of the molecule is COc1ccc(S(=O)(=O)C[C@@H]2C[C@H](c3c(Br)cccc3OC(F)F)n3c2nc2ccc(Cl)cc23)cn1. The highest BCUT2D eigenvalue weighted by atomic mass is 79.9. The molecule has 3 heterocycles. The molecular formula is C24H19BrClF2N3O4S. The maximum atomic E-state index is 13.3. The molecule has 2 aromatic heterocycles. The van der Waals surface area contributed by atoms with Crippen molar-refractivity contribution in [3.8, 4) is 11.6 Å². The molecule has 2 atom stereocenters. The molecule has 188 valence electrons. The molecule has 0 unspecified atom stereocenters. The Bertz CT molecular complexity index is 1550. The number of ether oxygens (including phenoxy) is 2. The fraction of sp³-hybridized carbons (Fsp3) is 0.250. The van der Waals surface area contributed by atoms with E-state index in [4.69, 9.17) is 26.1 Å². The minimum atomic E-state index is -3.76. The Balaban J connectivity index is 1.62. The minimum Gasteiger partial charge on any atom is -0.481 e. The highest BCUT2D eigenvalue weighted by molar-refractivity contribution is 9.10. The van der Waals surface area contributed by atoms with Crippen LogP contribution in [-0.4, -0.2) is 42.4 Å². The number of hydrogen-bond acceptors (Lipinski definition) is 6. The van der Waals surface area contributed by atoms with Crippen LogP contribution in [0.3, 0.4) is 0 Å². The second-order valence-electron chi connectivity index (χ2n) is 8.27. The van der Waals surface area contributed by atoms with Gasteiger partial charge >= 0.3 is 6.61 Å². The number of alkyl halides is 2. The molecule has 7 nitrogen and oxygen atoms in total. The van der Waals surface area contributed by atoms with Crippen molar-refractivity contribution >= 4 is 48.4 Å². The van der Waals surface area contributed by atoms with Gasteiger partial charge in [-0.3, -0.25) is 0 Å². The highest BCUT2D eigenvalue weighted by Crippen LogP contribution is 2.48. The van der Waals surface area contributed by atoms with Gasteiger partial charge in [0.2, 0.25) is 5.88 Å². The van der Waals surface area contributed by atoms with Crippen LogP contribution in [0.2, 0.25) is 5.02 Å². The number of nitrogens with zero attached hydrogens (tertiary/aromatic N) is 3. The number of benzene rings is 2. The van der Waals surface area contributed by atoms with Gasteiger partial charge in [0.15, 0.2) is 9.84 Å². The zero-order valence-corrected chi connectivity index (χ0v) is 21.9. The Labute approximate surface area is 219 Å². The fourth-order valence-electron chi connectivity index (χ4n) is 4.64. The van der Waals surface area contributed by atoms with Crippen LogP contribution < -0.4 is 9.47 Å². The third-order valence-corrected chi connectivity index (χ3v) is 8.85. The van der Waals surface area contributed by atoms with Gasteiger partial charge in [-0.25, -0.2) is 18.4 Å². The Kier molecular flexibility index (Phi) is 6.65. The minimum absolute atomic E-state index is 0.00191. The van der Waals surface area contributed by atoms with Crippen molar-refractivity contribution in [2.45, 2.75) is 29.9 Å². The molecule has 0 radical (unpaired) electrons. The van der Waals surface area contributed by atoms with Crippen molar-refractivity contribution in [3.63, 3.8) is 0 Å². The predicted octanol–water partition coefficient (Wildman–Crippen LogP) is 6.01. The van der Waals surface area contributed by atoms with Crippen molar-refractivity contribution in [2.24, 2.45) is 0 Å². The van der Waals surface area contributed by atoms with E-state index in [2.05, 4.69) is 20.9 Å². The molecule has 1 aliphatic rings. The van der Waals surface area contributed by atoms with Crippen molar-refractivity contribution in [1.82, 2.24) is 14.5 Å². The summed E-state index contributed by atoms with van der Waals surface area (Å²) in [6, 6.07) is 12.4. The lowest BCUT2D eigenvalue weighted by Gasteiger charge is -2.20. The summed E-state index contributed by atoms with van der Waals surface area (Å²) < 4.78 is 65.4. The van der Waals surface area contributed by atoms with Crippen LogP contribution in [-0.2, 0) is 9.84 Å². The van der Waals surface area contributed by atoms with Crippen LogP contribution >= 0.6 is 27.5 Å². The van der Waals surface area contributed by atoms with Gasteiger partial charge in [-0.05, 0) is 42.8 Å². The van der Waals surface area contributed by atoms with Crippen LogP contribution in [0.1, 0.15) is 29.8 Å². The highest BCUT2D eigenvalue weighted by Gasteiger charge is 2.40. The Morgan fingerprint density at radius 2 is 2.03 bits per heavy atom. The summed E-state index contributed by atoms with van der Waals surface area (Å²) in [5.41, 5.74) is 1.77. The number of halogens is 4. The molecule has 0 saturated heterocycles. The lowest BCUT2D eigenvalue weighted by Crippen LogP contribution is -2.15. The summed E-state index contributed by atoms with van der Waals surface area (Å²) in [5, 5.41) is 0.473. The smallest absolute Gasteiger partial charge is 0.387 e. The normalized spacial score (nSPS) is 17.5. The number of sulfone groups is 1. The maximum Gasteiger partial charge on any atom is 0.387 e. The molecule has 0 N–H and O–H groups in total. The van der Waals surface area contributed by atoms with Crippen molar-refractivity contribution in [3.05, 3.63) is 75.6 Å². The van der Waals surface area contributed by atoms with E-state index in [1.807, 2.05) is 4.57 Å². The molecule has 12 heteroatoms. The molecular weight excluding hydrogens is 580 g/mol. The van der Waals surface area contributed by atoms with E-state index in [9.17, 15) is 17.2 Å². The second kappa shape index (κ2) is 9.60. The van der Waals surface area contributed by atoms with Gasteiger partial charge in [0.05, 0.1) is 34.8 Å². The molecule has 0 spiro atoms. The molecule has 2 aromatic carbocycles. The lowest BCUT2D eigenvalue weighted by molar-refractivity contribution is -0.0507. The van der Waals surface area contributed by atoms with Gasteiger partial charge in [0, 0.05) is 33.2 Å². The number of rotatable bonds is 7. The maximum absolute atomic E-state index is 13.3. The first kappa shape index (κ1) is 24.9. The average molecular weight is 599 g/mol. The summed E-state index contributed by atoms with van der Waals surface area (Å²) in [7, 11) is -2.32. The van der Waals surface area contributed by atoms with Gasteiger partial charge in [-0.15, -0.1) is 0 Å². The molecule has 0 aliphatic carbocycles. The number of pyridine rings is 1. The number of methoxy groups -OCH3 is 1. The van der Waals surface area contributed by atoms with E-state index in [0.717, 1.165) is 0 Å². The first-order chi connectivity index (χ1) is 17.2. The Hall–Kier alpha value is -2.76. The largest absolute Gasteiger partial charge is 0.481 e. The Morgan fingerprint density at radius 3 is 2.72 bits per heavy atom. The van der Waals surface area contributed by atoms with Crippen LogP contribution in [0.5, 0.6) is 11.6 Å². The topological polar surface area (TPSA) is 83.3 Å². The summed E-state index contributed by atoms with van der Waals surface area (Å²) >= 11 is 9.74. The van der Waals surface area contributed by atoms with Crippen molar-refractivity contribution in [2.75, 3.05) is 12.9 Å². The summed E-state index contributed by atoms with van der Waals surface area (Å²) in [4.78, 5) is 8.78. The number of fused-ring (bicyclic) bond motifs is 3. The summed E-state index contributed by atoms with van der Waals surface area (Å²) in [6.45, 7) is -3.02. The zero-order valence-electron chi connectivity index (χ0n) is 18.7. The lowest BCUT2D eigenvalue weighted by atomic mass is 9.98. The molecule has 36 heavy (non-hydrogen) atoms. The monoisotopic (exact) mass is 597 g/mol.